The molecule has 1 atom stereocenters. The minimum Gasteiger partial charge on any atom is -0.497 e. The molecule has 8 nitrogen and oxygen atoms in total. The number of hydrogen-bond acceptors (Lipinski definition) is 5. The van der Waals surface area contributed by atoms with E-state index in [0.717, 1.165) is 21.9 Å². The zero-order valence-electron chi connectivity index (χ0n) is 24.5. The Kier molecular flexibility index (Phi) is 11.3. The van der Waals surface area contributed by atoms with Crippen LogP contribution in [-0.4, -0.2) is 51.4 Å². The van der Waals surface area contributed by atoms with Crippen molar-refractivity contribution in [3.05, 3.63) is 90.0 Å². The Hall–Kier alpha value is -3.85. The summed E-state index contributed by atoms with van der Waals surface area (Å²) in [6, 6.07) is 21.7. The summed E-state index contributed by atoms with van der Waals surface area (Å²) in [5.74, 6) is 0.0914. The molecule has 0 aliphatic carbocycles. The fraction of sp³-hybridized carbons (Fsp3) is 0.375. The first-order chi connectivity index (χ1) is 19.6. The average Bonchev–Trinajstić information content (AvgIpc) is 2.99. The molecule has 3 aromatic rings. The second-order valence-electron chi connectivity index (χ2n) is 10.3. The summed E-state index contributed by atoms with van der Waals surface area (Å²) in [4.78, 5) is 29.0. The zero-order valence-corrected chi connectivity index (χ0v) is 25.4. The van der Waals surface area contributed by atoms with Gasteiger partial charge in [-0.1, -0.05) is 70.2 Å². The SMILES string of the molecule is CCc1ccc(N(CC(=O)N(Cc2cccc(OC)c2)[C@H](CC)C(=O)NCC(C)C)S(=O)(=O)c2ccccc2)cc1. The highest BCUT2D eigenvalue weighted by atomic mass is 32.2. The first-order valence-corrected chi connectivity index (χ1v) is 15.4. The maximum atomic E-state index is 14.1. The van der Waals surface area contributed by atoms with Gasteiger partial charge in [-0.15, -0.1) is 0 Å². The molecule has 0 aromatic heterocycles. The summed E-state index contributed by atoms with van der Waals surface area (Å²) >= 11 is 0. The molecule has 3 rings (SSSR count). The number of methoxy groups -OCH3 is 1. The van der Waals surface area contributed by atoms with Crippen molar-refractivity contribution in [2.75, 3.05) is 24.5 Å². The van der Waals surface area contributed by atoms with Crippen molar-refractivity contribution >= 4 is 27.5 Å². The van der Waals surface area contributed by atoms with Gasteiger partial charge in [-0.2, -0.15) is 0 Å². The van der Waals surface area contributed by atoms with Crippen LogP contribution in [0.15, 0.2) is 83.8 Å². The Morgan fingerprint density at radius 2 is 1.59 bits per heavy atom. The van der Waals surface area contributed by atoms with E-state index < -0.39 is 28.5 Å². The summed E-state index contributed by atoms with van der Waals surface area (Å²) < 4.78 is 34.3. The molecular weight excluding hydrogens is 538 g/mol. The van der Waals surface area contributed by atoms with Crippen molar-refractivity contribution in [3.8, 4) is 5.75 Å². The van der Waals surface area contributed by atoms with Gasteiger partial charge in [-0.3, -0.25) is 13.9 Å². The van der Waals surface area contributed by atoms with Gasteiger partial charge in [0.25, 0.3) is 10.0 Å². The number of nitrogens with one attached hydrogen (secondary N) is 1. The molecule has 1 N–H and O–H groups in total. The molecule has 9 heteroatoms. The van der Waals surface area contributed by atoms with Crippen molar-refractivity contribution in [2.24, 2.45) is 5.92 Å². The van der Waals surface area contributed by atoms with Gasteiger partial charge in [-0.05, 0) is 66.3 Å². The number of sulfonamides is 1. The molecule has 0 unspecified atom stereocenters. The highest BCUT2D eigenvalue weighted by Crippen LogP contribution is 2.26. The van der Waals surface area contributed by atoms with E-state index >= 15 is 0 Å². The van der Waals surface area contributed by atoms with E-state index in [1.54, 1.807) is 49.6 Å². The molecule has 41 heavy (non-hydrogen) atoms. The Labute approximate surface area is 244 Å². The summed E-state index contributed by atoms with van der Waals surface area (Å²) in [7, 11) is -2.53. The standard InChI is InChI=1S/C32H41N3O5S/c1-6-25-16-18-27(19-17-25)35(41(38,39)29-14-9-8-10-15-29)23-31(36)34(22-26-12-11-13-28(20-26)40-5)30(7-2)32(37)33-21-24(3)4/h8-20,24,30H,6-7,21-23H2,1-5H3,(H,33,37)/t30-/m1/s1. The van der Waals surface area contributed by atoms with Crippen LogP contribution >= 0.6 is 0 Å². The predicted octanol–water partition coefficient (Wildman–Crippen LogP) is 5.03. The number of rotatable bonds is 14. The number of carbonyl (C=O) groups is 2. The lowest BCUT2D eigenvalue weighted by Gasteiger charge is -2.33. The normalized spacial score (nSPS) is 12.0. The fourth-order valence-corrected chi connectivity index (χ4v) is 5.89. The van der Waals surface area contributed by atoms with Crippen LogP contribution in [0.5, 0.6) is 5.75 Å². The van der Waals surface area contributed by atoms with E-state index in [1.165, 1.54) is 17.0 Å². The molecule has 0 heterocycles. The van der Waals surface area contributed by atoms with Gasteiger partial charge in [0.05, 0.1) is 17.7 Å². The second-order valence-corrected chi connectivity index (χ2v) is 12.1. The lowest BCUT2D eigenvalue weighted by Crippen LogP contribution is -2.52. The second kappa shape index (κ2) is 14.7. The van der Waals surface area contributed by atoms with Crippen LogP contribution in [-0.2, 0) is 32.6 Å². The van der Waals surface area contributed by atoms with Crippen LogP contribution in [0.4, 0.5) is 5.69 Å². The maximum absolute atomic E-state index is 14.1. The molecule has 220 valence electrons. The number of carbonyl (C=O) groups excluding carboxylic acids is 2. The number of aryl methyl sites for hydroxylation is 1. The van der Waals surface area contributed by atoms with Crippen LogP contribution in [0.2, 0.25) is 0 Å². The van der Waals surface area contributed by atoms with E-state index in [-0.39, 0.29) is 23.3 Å². The Bertz CT molecular complexity index is 1390. The third kappa shape index (κ3) is 8.33. The number of nitrogens with zero attached hydrogens (tertiary/aromatic N) is 2. The van der Waals surface area contributed by atoms with E-state index in [0.29, 0.717) is 24.4 Å². The first-order valence-electron chi connectivity index (χ1n) is 14.0. The molecule has 0 saturated carbocycles. The van der Waals surface area contributed by atoms with Crippen LogP contribution in [0, 0.1) is 5.92 Å². The van der Waals surface area contributed by atoms with Crippen molar-refractivity contribution in [2.45, 2.75) is 58.0 Å². The third-order valence-electron chi connectivity index (χ3n) is 6.80. The number of anilines is 1. The highest BCUT2D eigenvalue weighted by Gasteiger charge is 2.33. The smallest absolute Gasteiger partial charge is 0.264 e. The van der Waals surface area contributed by atoms with Crippen LogP contribution in [0.3, 0.4) is 0 Å². The molecule has 3 aromatic carbocycles. The van der Waals surface area contributed by atoms with Gasteiger partial charge in [0.2, 0.25) is 11.8 Å². The number of hydrogen-bond donors (Lipinski definition) is 1. The molecule has 0 bridgehead atoms. The van der Waals surface area contributed by atoms with E-state index in [1.807, 2.05) is 52.0 Å². The van der Waals surface area contributed by atoms with Crippen LogP contribution in [0.1, 0.15) is 45.2 Å². The van der Waals surface area contributed by atoms with E-state index in [9.17, 15) is 18.0 Å². The van der Waals surface area contributed by atoms with Crippen molar-refractivity contribution in [3.63, 3.8) is 0 Å². The zero-order chi connectivity index (χ0) is 30.0. The molecule has 0 spiro atoms. The Morgan fingerprint density at radius 1 is 0.902 bits per heavy atom. The summed E-state index contributed by atoms with van der Waals surface area (Å²) in [6.45, 7) is 7.95. The van der Waals surface area contributed by atoms with Gasteiger partial charge < -0.3 is 15.0 Å². The number of benzene rings is 3. The largest absolute Gasteiger partial charge is 0.497 e. The lowest BCUT2D eigenvalue weighted by atomic mass is 10.1. The number of ether oxygens (including phenoxy) is 1. The topological polar surface area (TPSA) is 96.0 Å². The molecule has 0 fully saturated rings. The molecule has 2 amide bonds. The van der Waals surface area contributed by atoms with Crippen molar-refractivity contribution in [1.82, 2.24) is 10.2 Å². The minimum atomic E-state index is -4.09. The van der Waals surface area contributed by atoms with Crippen molar-refractivity contribution < 1.29 is 22.7 Å². The summed E-state index contributed by atoms with van der Waals surface area (Å²) in [5, 5.41) is 2.94. The average molecular weight is 580 g/mol. The van der Waals surface area contributed by atoms with Gasteiger partial charge in [-0.25, -0.2) is 8.42 Å². The molecule has 0 saturated heterocycles. The third-order valence-corrected chi connectivity index (χ3v) is 8.59. The van der Waals surface area contributed by atoms with Crippen LogP contribution in [0.25, 0.3) is 0 Å². The van der Waals surface area contributed by atoms with E-state index in [4.69, 9.17) is 4.74 Å². The first kappa shape index (κ1) is 31.7. The fourth-order valence-electron chi connectivity index (χ4n) is 4.46. The quantitative estimate of drug-likeness (QED) is 0.289. The molecule has 0 aliphatic rings. The Balaban J connectivity index is 2.05. The maximum Gasteiger partial charge on any atom is 0.264 e. The van der Waals surface area contributed by atoms with Crippen molar-refractivity contribution in [1.29, 1.82) is 0 Å². The number of amides is 2. The van der Waals surface area contributed by atoms with Crippen LogP contribution < -0.4 is 14.4 Å². The molecular formula is C32H41N3O5S. The van der Waals surface area contributed by atoms with E-state index in [2.05, 4.69) is 5.32 Å². The summed E-state index contributed by atoms with van der Waals surface area (Å²) in [5.41, 5.74) is 2.18. The van der Waals surface area contributed by atoms with Gasteiger partial charge >= 0.3 is 0 Å². The minimum absolute atomic E-state index is 0.0773. The molecule has 0 radical (unpaired) electrons. The molecule has 0 aliphatic heterocycles. The monoisotopic (exact) mass is 579 g/mol. The predicted molar refractivity (Wildman–Crippen MR) is 162 cm³/mol. The lowest BCUT2D eigenvalue weighted by molar-refractivity contribution is -0.140. The summed E-state index contributed by atoms with van der Waals surface area (Å²) in [6.07, 6.45) is 1.15. The van der Waals surface area contributed by atoms with Gasteiger partial charge in [0.1, 0.15) is 18.3 Å². The highest BCUT2D eigenvalue weighted by molar-refractivity contribution is 7.92. The Morgan fingerprint density at radius 3 is 2.17 bits per heavy atom. The van der Waals surface area contributed by atoms with Gasteiger partial charge in [0, 0.05) is 13.1 Å². The van der Waals surface area contributed by atoms with Gasteiger partial charge in [0.15, 0.2) is 0 Å².